The molecule has 0 aliphatic rings. The third-order valence-corrected chi connectivity index (χ3v) is 1.60. The zero-order valence-electron chi connectivity index (χ0n) is 6.76. The van der Waals surface area contributed by atoms with Crippen molar-refractivity contribution in [2.24, 2.45) is 0 Å². The number of carbonyl (C=O) groups is 2. The number of hydrogen-bond acceptors (Lipinski definition) is 4. The maximum atomic E-state index is 10.5. The van der Waals surface area contributed by atoms with Gasteiger partial charge in [0.25, 0.3) is 0 Å². The predicted molar refractivity (Wildman–Crippen MR) is 43.7 cm³/mol. The Morgan fingerprint density at radius 3 is 2.00 bits per heavy atom. The molecule has 0 heterocycles. The topological polar surface area (TPSA) is 115 Å². The number of carboxylic acids is 2. The monoisotopic (exact) mass is 198 g/mol. The van der Waals surface area contributed by atoms with Gasteiger partial charge < -0.3 is 20.4 Å². The van der Waals surface area contributed by atoms with Crippen LogP contribution in [-0.4, -0.2) is 32.4 Å². The van der Waals surface area contributed by atoms with E-state index in [0.717, 1.165) is 12.1 Å². The van der Waals surface area contributed by atoms with Crippen molar-refractivity contribution in [2.75, 3.05) is 0 Å². The number of hydrogen-bond donors (Lipinski definition) is 4. The third kappa shape index (κ3) is 1.45. The van der Waals surface area contributed by atoms with Gasteiger partial charge in [-0.15, -0.1) is 0 Å². The van der Waals surface area contributed by atoms with Crippen LogP contribution < -0.4 is 0 Å². The Balaban J connectivity index is 3.49. The van der Waals surface area contributed by atoms with Gasteiger partial charge in [0.1, 0.15) is 22.6 Å². The summed E-state index contributed by atoms with van der Waals surface area (Å²) in [6, 6.07) is 1.81. The van der Waals surface area contributed by atoms with E-state index in [-0.39, 0.29) is 0 Å². The van der Waals surface area contributed by atoms with Crippen LogP contribution in [0.25, 0.3) is 0 Å². The van der Waals surface area contributed by atoms with Gasteiger partial charge in [-0.2, -0.15) is 0 Å². The molecule has 0 saturated heterocycles. The van der Waals surface area contributed by atoms with Gasteiger partial charge in [0.2, 0.25) is 0 Å². The van der Waals surface area contributed by atoms with Gasteiger partial charge in [-0.3, -0.25) is 0 Å². The highest BCUT2D eigenvalue weighted by Gasteiger charge is 2.21. The molecule has 0 aliphatic carbocycles. The van der Waals surface area contributed by atoms with Crippen LogP contribution in [0.5, 0.6) is 11.5 Å². The van der Waals surface area contributed by atoms with Crippen LogP contribution in [0.4, 0.5) is 0 Å². The standard InChI is InChI=1S/C8H6O6/c9-4-2-1-3(7(11)12)6(10)5(4)8(13)14/h1-2,9-10H,(H,11,12)(H,13,14). The molecule has 0 aromatic heterocycles. The van der Waals surface area contributed by atoms with Crippen molar-refractivity contribution in [3.8, 4) is 11.5 Å². The smallest absolute Gasteiger partial charge is 0.343 e. The van der Waals surface area contributed by atoms with Crippen LogP contribution in [0, 0.1) is 0 Å². The maximum absolute atomic E-state index is 10.5. The number of phenols is 2. The summed E-state index contributed by atoms with van der Waals surface area (Å²) in [5.74, 6) is -4.70. The summed E-state index contributed by atoms with van der Waals surface area (Å²) in [5.41, 5.74) is -1.38. The van der Waals surface area contributed by atoms with Crippen molar-refractivity contribution < 1.29 is 30.0 Å². The van der Waals surface area contributed by atoms with Gasteiger partial charge >= 0.3 is 11.9 Å². The van der Waals surface area contributed by atoms with E-state index in [0.29, 0.717) is 0 Å². The number of carboxylic acid groups (broad SMARTS) is 2. The molecule has 0 fully saturated rings. The summed E-state index contributed by atoms with van der Waals surface area (Å²) >= 11 is 0. The second-order valence-corrected chi connectivity index (χ2v) is 2.47. The summed E-state index contributed by atoms with van der Waals surface area (Å²) in [6.45, 7) is 0. The van der Waals surface area contributed by atoms with Crippen LogP contribution in [-0.2, 0) is 0 Å². The lowest BCUT2D eigenvalue weighted by Gasteiger charge is -2.04. The van der Waals surface area contributed by atoms with E-state index in [2.05, 4.69) is 0 Å². The molecule has 0 radical (unpaired) electrons. The zero-order chi connectivity index (χ0) is 10.9. The molecular formula is C8H6O6. The second kappa shape index (κ2) is 3.25. The number of rotatable bonds is 2. The predicted octanol–water partition coefficient (Wildman–Crippen LogP) is 0.494. The minimum atomic E-state index is -1.59. The van der Waals surface area contributed by atoms with E-state index in [9.17, 15) is 14.7 Å². The van der Waals surface area contributed by atoms with Crippen LogP contribution in [0.15, 0.2) is 12.1 Å². The molecule has 0 spiro atoms. The molecule has 0 atom stereocenters. The number of benzene rings is 1. The fourth-order valence-corrected chi connectivity index (χ4v) is 0.964. The van der Waals surface area contributed by atoms with Crippen LogP contribution in [0.2, 0.25) is 0 Å². The van der Waals surface area contributed by atoms with E-state index in [1.165, 1.54) is 0 Å². The van der Waals surface area contributed by atoms with Crippen LogP contribution in [0.3, 0.4) is 0 Å². The summed E-state index contributed by atoms with van der Waals surface area (Å²) < 4.78 is 0. The SMILES string of the molecule is O=C(O)c1ccc(O)c(C(=O)O)c1O. The molecule has 6 nitrogen and oxygen atoms in total. The van der Waals surface area contributed by atoms with Gasteiger partial charge in [0.15, 0.2) is 0 Å². The first-order valence-electron chi connectivity index (χ1n) is 3.46. The highest BCUT2D eigenvalue weighted by molar-refractivity contribution is 6.00. The molecule has 0 bridgehead atoms. The Kier molecular flexibility index (Phi) is 2.29. The van der Waals surface area contributed by atoms with Gasteiger partial charge in [-0.1, -0.05) is 0 Å². The number of aromatic carboxylic acids is 2. The fraction of sp³-hybridized carbons (Fsp3) is 0. The average Bonchev–Trinajstić information content (AvgIpc) is 2.02. The summed E-state index contributed by atoms with van der Waals surface area (Å²) in [4.78, 5) is 21.0. The second-order valence-electron chi connectivity index (χ2n) is 2.47. The largest absolute Gasteiger partial charge is 0.507 e. The average molecular weight is 198 g/mol. The van der Waals surface area contributed by atoms with Gasteiger partial charge in [0.05, 0.1) is 0 Å². The molecule has 6 heteroatoms. The van der Waals surface area contributed by atoms with Crippen LogP contribution >= 0.6 is 0 Å². The van der Waals surface area contributed by atoms with E-state index >= 15 is 0 Å². The van der Waals surface area contributed by atoms with Gasteiger partial charge in [-0.25, -0.2) is 9.59 Å². The van der Waals surface area contributed by atoms with Crippen molar-refractivity contribution in [1.29, 1.82) is 0 Å². The van der Waals surface area contributed by atoms with E-state index in [1.54, 1.807) is 0 Å². The lowest BCUT2D eigenvalue weighted by molar-refractivity contribution is 0.0689. The van der Waals surface area contributed by atoms with E-state index in [1.807, 2.05) is 0 Å². The highest BCUT2D eigenvalue weighted by atomic mass is 16.4. The Hall–Kier alpha value is -2.24. The first-order chi connectivity index (χ1) is 6.45. The minimum absolute atomic E-state index is 0.569. The molecule has 0 unspecified atom stereocenters. The molecule has 4 N–H and O–H groups in total. The zero-order valence-corrected chi connectivity index (χ0v) is 6.76. The van der Waals surface area contributed by atoms with Crippen molar-refractivity contribution >= 4 is 11.9 Å². The molecular weight excluding hydrogens is 192 g/mol. The summed E-state index contributed by atoms with van der Waals surface area (Å²) in [5, 5.41) is 35.3. The highest BCUT2D eigenvalue weighted by Crippen LogP contribution is 2.30. The molecule has 0 saturated carbocycles. The minimum Gasteiger partial charge on any atom is -0.507 e. The lowest BCUT2D eigenvalue weighted by atomic mass is 10.1. The van der Waals surface area contributed by atoms with Crippen molar-refractivity contribution in [2.45, 2.75) is 0 Å². The van der Waals surface area contributed by atoms with Gasteiger partial charge in [-0.05, 0) is 12.1 Å². The molecule has 0 amide bonds. The van der Waals surface area contributed by atoms with Crippen molar-refractivity contribution in [3.05, 3.63) is 23.3 Å². The maximum Gasteiger partial charge on any atom is 0.343 e. The Morgan fingerprint density at radius 2 is 1.57 bits per heavy atom. The summed E-state index contributed by atoms with van der Waals surface area (Å²) in [7, 11) is 0. The van der Waals surface area contributed by atoms with E-state index in [4.69, 9.17) is 15.3 Å². The fourth-order valence-electron chi connectivity index (χ4n) is 0.964. The van der Waals surface area contributed by atoms with Crippen molar-refractivity contribution in [1.82, 2.24) is 0 Å². The van der Waals surface area contributed by atoms with Crippen LogP contribution in [0.1, 0.15) is 20.7 Å². The van der Waals surface area contributed by atoms with Crippen molar-refractivity contribution in [3.63, 3.8) is 0 Å². The summed E-state index contributed by atoms with van der Waals surface area (Å²) in [6.07, 6.45) is 0. The first kappa shape index (κ1) is 9.85. The molecule has 74 valence electrons. The first-order valence-corrected chi connectivity index (χ1v) is 3.46. The molecule has 0 aliphatic heterocycles. The molecule has 1 rings (SSSR count). The Morgan fingerprint density at radius 1 is 1.00 bits per heavy atom. The lowest BCUT2D eigenvalue weighted by Crippen LogP contribution is -2.03. The molecule has 14 heavy (non-hydrogen) atoms. The third-order valence-electron chi connectivity index (χ3n) is 1.60. The molecule has 1 aromatic carbocycles. The quantitative estimate of drug-likeness (QED) is 0.549. The van der Waals surface area contributed by atoms with E-state index < -0.39 is 34.6 Å². The van der Waals surface area contributed by atoms with Gasteiger partial charge in [0, 0.05) is 0 Å². The number of aromatic hydroxyl groups is 2. The normalized spacial score (nSPS) is 9.71. The Labute approximate surface area is 77.7 Å². The Bertz CT molecular complexity index is 409. The molecule has 1 aromatic rings.